The first kappa shape index (κ1) is 16.4. The summed E-state index contributed by atoms with van der Waals surface area (Å²) in [6, 6.07) is 3.63. The van der Waals surface area contributed by atoms with Crippen LogP contribution in [0.25, 0.3) is 0 Å². The van der Waals surface area contributed by atoms with Crippen molar-refractivity contribution in [3.63, 3.8) is 0 Å². The summed E-state index contributed by atoms with van der Waals surface area (Å²) in [5.74, 6) is 0.666. The quantitative estimate of drug-likeness (QED) is 0.903. The van der Waals surface area contributed by atoms with Gasteiger partial charge in [0.25, 0.3) is 5.91 Å². The molecule has 0 aromatic carbocycles. The number of piperidine rings is 1. The molecule has 7 nitrogen and oxygen atoms in total. The molecule has 0 aliphatic carbocycles. The van der Waals surface area contributed by atoms with Crippen LogP contribution in [0.2, 0.25) is 0 Å². The van der Waals surface area contributed by atoms with Gasteiger partial charge in [0, 0.05) is 45.8 Å². The second kappa shape index (κ2) is 6.60. The highest BCUT2D eigenvalue weighted by molar-refractivity contribution is 5.92. The monoisotopic (exact) mass is 329 g/mol. The Bertz CT molecular complexity index is 702. The molecule has 2 aromatic rings. The second-order valence-corrected chi connectivity index (χ2v) is 6.48. The summed E-state index contributed by atoms with van der Waals surface area (Å²) in [5, 5.41) is 11.0. The number of aryl methyl sites for hydroxylation is 1. The van der Waals surface area contributed by atoms with E-state index < -0.39 is 5.60 Å². The fourth-order valence-corrected chi connectivity index (χ4v) is 3.28. The minimum atomic E-state index is -0.953. The van der Waals surface area contributed by atoms with E-state index in [1.165, 1.54) is 0 Å². The Morgan fingerprint density at radius 1 is 1.46 bits per heavy atom. The van der Waals surface area contributed by atoms with Crippen LogP contribution in [0.5, 0.6) is 0 Å². The number of aliphatic hydroxyl groups is 1. The van der Waals surface area contributed by atoms with Crippen molar-refractivity contribution in [1.29, 1.82) is 0 Å². The predicted octanol–water partition coefficient (Wildman–Crippen LogP) is 0.919. The fraction of sp³-hybridized carbons (Fsp3) is 0.471. The van der Waals surface area contributed by atoms with Gasteiger partial charge in [-0.3, -0.25) is 9.78 Å². The lowest BCUT2D eigenvalue weighted by Gasteiger charge is -2.41. The van der Waals surface area contributed by atoms with Crippen LogP contribution in [0.1, 0.15) is 23.3 Å². The molecule has 0 spiro atoms. The Hall–Kier alpha value is -2.41. The molecule has 3 heterocycles. The van der Waals surface area contributed by atoms with Crippen molar-refractivity contribution in [3.8, 4) is 0 Å². The Morgan fingerprint density at radius 3 is 2.96 bits per heavy atom. The van der Waals surface area contributed by atoms with Crippen LogP contribution < -0.4 is 4.90 Å². The molecule has 1 N–H and O–H groups in total. The molecule has 7 heteroatoms. The third-order valence-electron chi connectivity index (χ3n) is 4.47. The Kier molecular flexibility index (Phi) is 4.53. The zero-order valence-corrected chi connectivity index (χ0v) is 14.1. The summed E-state index contributed by atoms with van der Waals surface area (Å²) >= 11 is 0. The molecule has 0 radical (unpaired) electrons. The minimum absolute atomic E-state index is 0.0902. The van der Waals surface area contributed by atoms with Crippen molar-refractivity contribution in [2.75, 3.05) is 31.6 Å². The van der Waals surface area contributed by atoms with Gasteiger partial charge in [-0.2, -0.15) is 0 Å². The van der Waals surface area contributed by atoms with Crippen LogP contribution in [-0.4, -0.2) is 62.7 Å². The number of likely N-dealkylation sites (N-methyl/N-ethyl adjacent to an activating group) is 1. The number of nitrogens with zero attached hydrogens (tertiary/aromatic N) is 5. The first-order chi connectivity index (χ1) is 11.5. The molecule has 1 aliphatic rings. The van der Waals surface area contributed by atoms with Crippen LogP contribution in [0, 0.1) is 0 Å². The smallest absolute Gasteiger partial charge is 0.270 e. The molecule has 1 unspecified atom stereocenters. The molecule has 1 saturated heterocycles. The SMILES string of the molecule is CN(CC1(O)CCCN(c2cnccn2)C1)C(=O)c1cccn1C. The second-order valence-electron chi connectivity index (χ2n) is 6.48. The molecule has 1 amide bonds. The van der Waals surface area contributed by atoms with Crippen LogP contribution in [0.3, 0.4) is 0 Å². The van der Waals surface area contributed by atoms with E-state index in [1.807, 2.05) is 24.2 Å². The molecule has 128 valence electrons. The Morgan fingerprint density at radius 2 is 2.29 bits per heavy atom. The summed E-state index contributed by atoms with van der Waals surface area (Å²) in [7, 11) is 3.57. The summed E-state index contributed by atoms with van der Waals surface area (Å²) in [5.41, 5.74) is -0.339. The first-order valence-corrected chi connectivity index (χ1v) is 8.09. The number of amides is 1. The van der Waals surface area contributed by atoms with Crippen molar-refractivity contribution in [2.24, 2.45) is 7.05 Å². The van der Waals surface area contributed by atoms with Gasteiger partial charge in [-0.25, -0.2) is 4.98 Å². The average Bonchev–Trinajstić information content (AvgIpc) is 3.00. The van der Waals surface area contributed by atoms with Crippen molar-refractivity contribution in [2.45, 2.75) is 18.4 Å². The number of rotatable bonds is 4. The van der Waals surface area contributed by atoms with Crippen molar-refractivity contribution >= 4 is 11.7 Å². The largest absolute Gasteiger partial charge is 0.386 e. The van der Waals surface area contributed by atoms with Gasteiger partial charge in [0.2, 0.25) is 0 Å². The van der Waals surface area contributed by atoms with E-state index in [2.05, 4.69) is 9.97 Å². The summed E-state index contributed by atoms with van der Waals surface area (Å²) < 4.78 is 1.79. The van der Waals surface area contributed by atoms with E-state index in [0.29, 0.717) is 18.7 Å². The van der Waals surface area contributed by atoms with Gasteiger partial charge in [0.15, 0.2) is 0 Å². The predicted molar refractivity (Wildman–Crippen MR) is 90.8 cm³/mol. The molecule has 2 aromatic heterocycles. The van der Waals surface area contributed by atoms with Gasteiger partial charge in [-0.1, -0.05) is 0 Å². The highest BCUT2D eigenvalue weighted by Crippen LogP contribution is 2.25. The van der Waals surface area contributed by atoms with Crippen molar-refractivity contribution < 1.29 is 9.90 Å². The number of β-amino-alcohol motifs (C(OH)–C–C–N with tert-alkyl or cyclic N) is 1. The Labute approximate surface area is 141 Å². The lowest BCUT2D eigenvalue weighted by Crippen LogP contribution is -2.55. The highest BCUT2D eigenvalue weighted by atomic mass is 16.3. The fourth-order valence-electron chi connectivity index (χ4n) is 3.28. The lowest BCUT2D eigenvalue weighted by molar-refractivity contribution is -0.000382. The molecule has 3 rings (SSSR count). The van der Waals surface area contributed by atoms with Gasteiger partial charge in [-0.05, 0) is 25.0 Å². The van der Waals surface area contributed by atoms with E-state index in [-0.39, 0.29) is 12.5 Å². The first-order valence-electron chi connectivity index (χ1n) is 8.09. The summed E-state index contributed by atoms with van der Waals surface area (Å²) in [4.78, 5) is 24.6. The van der Waals surface area contributed by atoms with Gasteiger partial charge >= 0.3 is 0 Å². The Balaban J connectivity index is 1.69. The maximum absolute atomic E-state index is 12.6. The summed E-state index contributed by atoms with van der Waals surface area (Å²) in [6.07, 6.45) is 8.32. The zero-order chi connectivity index (χ0) is 17.2. The molecule has 1 fully saturated rings. The standard InChI is InChI=1S/C17H23N5O2/c1-20-9-3-5-14(20)16(23)21(2)12-17(24)6-4-10-22(13-17)15-11-18-7-8-19-15/h3,5,7-9,11,24H,4,6,10,12-13H2,1-2H3. The van der Waals surface area contributed by atoms with E-state index in [0.717, 1.165) is 18.8 Å². The third kappa shape index (κ3) is 3.41. The number of carbonyl (C=O) groups excluding carboxylic acids is 1. The minimum Gasteiger partial charge on any atom is -0.386 e. The molecule has 1 aliphatic heterocycles. The molecular weight excluding hydrogens is 306 g/mol. The van der Waals surface area contributed by atoms with Crippen LogP contribution >= 0.6 is 0 Å². The number of carbonyl (C=O) groups is 1. The summed E-state index contributed by atoms with van der Waals surface area (Å²) in [6.45, 7) is 1.56. The molecule has 0 saturated carbocycles. The van der Waals surface area contributed by atoms with E-state index >= 15 is 0 Å². The molecule has 1 atom stereocenters. The van der Waals surface area contributed by atoms with Gasteiger partial charge in [0.1, 0.15) is 11.5 Å². The van der Waals surface area contributed by atoms with Gasteiger partial charge in [0.05, 0.1) is 18.3 Å². The maximum atomic E-state index is 12.6. The zero-order valence-electron chi connectivity index (χ0n) is 14.1. The maximum Gasteiger partial charge on any atom is 0.270 e. The van der Waals surface area contributed by atoms with E-state index in [1.54, 1.807) is 41.2 Å². The van der Waals surface area contributed by atoms with Crippen molar-refractivity contribution in [1.82, 2.24) is 19.4 Å². The number of aromatic nitrogens is 3. The number of anilines is 1. The van der Waals surface area contributed by atoms with Crippen molar-refractivity contribution in [3.05, 3.63) is 42.6 Å². The molecule has 0 bridgehead atoms. The number of hydrogen-bond donors (Lipinski definition) is 1. The van der Waals surface area contributed by atoms with E-state index in [9.17, 15) is 9.90 Å². The highest BCUT2D eigenvalue weighted by Gasteiger charge is 2.36. The molecule has 24 heavy (non-hydrogen) atoms. The van der Waals surface area contributed by atoms with E-state index in [4.69, 9.17) is 0 Å². The van der Waals surface area contributed by atoms with Gasteiger partial charge in [-0.15, -0.1) is 0 Å². The lowest BCUT2D eigenvalue weighted by atomic mass is 9.92. The van der Waals surface area contributed by atoms with Crippen LogP contribution in [0.15, 0.2) is 36.9 Å². The van der Waals surface area contributed by atoms with Crippen LogP contribution in [0.4, 0.5) is 5.82 Å². The van der Waals surface area contributed by atoms with Gasteiger partial charge < -0.3 is 19.5 Å². The molecular formula is C17H23N5O2. The third-order valence-corrected chi connectivity index (χ3v) is 4.47. The normalized spacial score (nSPS) is 20.9. The van der Waals surface area contributed by atoms with Crippen LogP contribution in [-0.2, 0) is 7.05 Å². The number of hydrogen-bond acceptors (Lipinski definition) is 5. The average molecular weight is 329 g/mol. The topological polar surface area (TPSA) is 74.5 Å².